The van der Waals surface area contributed by atoms with Crippen molar-refractivity contribution in [1.29, 1.82) is 5.26 Å². The highest BCUT2D eigenvalue weighted by Gasteiger charge is 2.36. The van der Waals surface area contributed by atoms with Crippen LogP contribution in [0.2, 0.25) is 0 Å². The second kappa shape index (κ2) is 8.32. The van der Waals surface area contributed by atoms with E-state index in [1.807, 2.05) is 13.0 Å². The summed E-state index contributed by atoms with van der Waals surface area (Å²) >= 11 is 0. The van der Waals surface area contributed by atoms with Crippen molar-refractivity contribution in [3.8, 4) is 17.3 Å². The molecule has 1 aliphatic rings. The Labute approximate surface area is 186 Å². The highest BCUT2D eigenvalue weighted by atomic mass is 19.4. The minimum atomic E-state index is -4.56. The van der Waals surface area contributed by atoms with Crippen molar-refractivity contribution >= 4 is 22.9 Å². The number of nitriles is 1. The Bertz CT molecular complexity index is 1240. The van der Waals surface area contributed by atoms with Gasteiger partial charge in [0.25, 0.3) is 5.91 Å². The molecule has 3 aromatic heterocycles. The van der Waals surface area contributed by atoms with Gasteiger partial charge in [-0.1, -0.05) is 0 Å². The minimum Gasteiger partial charge on any atom is -0.384 e. The maximum atomic E-state index is 13.2. The second-order valence-corrected chi connectivity index (χ2v) is 8.00. The molecule has 12 heteroatoms. The summed E-state index contributed by atoms with van der Waals surface area (Å²) in [5.41, 5.74) is -0.0917. The highest BCUT2D eigenvalue weighted by molar-refractivity contribution is 5.94. The number of carbonyl (C=O) groups excluding carboxylic acids is 1. The number of nitrogens with one attached hydrogen (secondary N) is 2. The van der Waals surface area contributed by atoms with E-state index in [1.54, 1.807) is 4.90 Å². The number of rotatable bonds is 5. The lowest BCUT2D eigenvalue weighted by atomic mass is 9.92. The van der Waals surface area contributed by atoms with Gasteiger partial charge in [-0.2, -0.15) is 18.4 Å². The van der Waals surface area contributed by atoms with Gasteiger partial charge >= 0.3 is 6.18 Å². The molecule has 2 unspecified atom stereocenters. The molecule has 3 aromatic rings. The summed E-state index contributed by atoms with van der Waals surface area (Å²) in [6.45, 7) is 4.24. The summed E-state index contributed by atoms with van der Waals surface area (Å²) < 4.78 is 39.5. The fourth-order valence-electron chi connectivity index (χ4n) is 3.69. The number of amides is 1. The third-order valence-corrected chi connectivity index (χ3v) is 5.67. The predicted octanol–water partition coefficient (Wildman–Crippen LogP) is 2.55. The number of hydrogen-bond acceptors (Lipinski definition) is 7. The van der Waals surface area contributed by atoms with E-state index < -0.39 is 17.8 Å². The Balaban J connectivity index is 1.60. The Morgan fingerprint density at radius 1 is 1.33 bits per heavy atom. The smallest absolute Gasteiger partial charge is 0.384 e. The van der Waals surface area contributed by atoms with Gasteiger partial charge in [-0.05, 0) is 19.9 Å². The average Bonchev–Trinajstić information content (AvgIpc) is 3.15. The number of pyridine rings is 1. The molecule has 4 rings (SSSR count). The van der Waals surface area contributed by atoms with E-state index in [-0.39, 0.29) is 46.1 Å². The van der Waals surface area contributed by atoms with Crippen LogP contribution in [0, 0.1) is 17.2 Å². The van der Waals surface area contributed by atoms with Gasteiger partial charge in [0.1, 0.15) is 17.8 Å². The summed E-state index contributed by atoms with van der Waals surface area (Å²) in [6.07, 6.45) is -2.11. The molecule has 0 aliphatic carbocycles. The van der Waals surface area contributed by atoms with Crippen LogP contribution in [-0.4, -0.2) is 61.1 Å². The number of nitrogens with zero attached hydrogens (tertiary/aromatic N) is 5. The average molecular weight is 459 g/mol. The number of hydrogen-bond donors (Lipinski definition) is 3. The van der Waals surface area contributed by atoms with Gasteiger partial charge in [0.2, 0.25) is 5.95 Å². The van der Waals surface area contributed by atoms with Crippen LogP contribution in [0.4, 0.5) is 19.1 Å². The zero-order valence-corrected chi connectivity index (χ0v) is 17.7. The van der Waals surface area contributed by atoms with Crippen LogP contribution in [0.5, 0.6) is 0 Å². The van der Waals surface area contributed by atoms with Crippen molar-refractivity contribution in [2.45, 2.75) is 32.2 Å². The van der Waals surface area contributed by atoms with Gasteiger partial charge < -0.3 is 20.3 Å². The lowest BCUT2D eigenvalue weighted by Gasteiger charge is -2.43. The molecule has 1 fully saturated rings. The molecule has 9 nitrogen and oxygen atoms in total. The summed E-state index contributed by atoms with van der Waals surface area (Å²) in [5.74, 6) is -0.0327. The standard InChI is InChI=1S/C21H20F3N7O2/c1-10(13-8-31(9-13)19(33)11(2)32)29-20-28-5-12(4-25)17(30-20)16-7-27-18-15(16)3-14(6-26-18)21(22,23)24/h3,5-7,10-11,13,32H,8-9H2,1-2H3,(H,26,27)(H,28,29,30). The number of aliphatic hydroxyl groups excluding tert-OH is 1. The number of aromatic nitrogens is 4. The molecule has 4 heterocycles. The summed E-state index contributed by atoms with van der Waals surface area (Å²) in [7, 11) is 0. The number of H-pyrrole nitrogens is 1. The van der Waals surface area contributed by atoms with Crippen molar-refractivity contribution in [3.63, 3.8) is 0 Å². The quantitative estimate of drug-likeness (QED) is 0.534. The number of aliphatic hydroxyl groups is 1. The fourth-order valence-corrected chi connectivity index (χ4v) is 3.69. The van der Waals surface area contributed by atoms with Gasteiger partial charge in [-0.25, -0.2) is 15.0 Å². The molecule has 1 aliphatic heterocycles. The van der Waals surface area contributed by atoms with Gasteiger partial charge in [0.05, 0.1) is 23.0 Å². The molecule has 2 atom stereocenters. The zero-order chi connectivity index (χ0) is 23.9. The Hall–Kier alpha value is -3.72. The van der Waals surface area contributed by atoms with E-state index in [4.69, 9.17) is 0 Å². The Morgan fingerprint density at radius 2 is 2.06 bits per heavy atom. The lowest BCUT2D eigenvalue weighted by molar-refractivity contribution is -0.146. The van der Waals surface area contributed by atoms with E-state index >= 15 is 0 Å². The molecule has 3 N–H and O–H groups in total. The first-order valence-corrected chi connectivity index (χ1v) is 10.1. The van der Waals surface area contributed by atoms with E-state index in [2.05, 4.69) is 25.3 Å². The number of aromatic amines is 1. The minimum absolute atomic E-state index is 0.0991. The lowest BCUT2D eigenvalue weighted by Crippen LogP contribution is -2.57. The van der Waals surface area contributed by atoms with Crippen LogP contribution in [-0.2, 0) is 11.0 Å². The first-order chi connectivity index (χ1) is 15.6. The largest absolute Gasteiger partial charge is 0.417 e. The van der Waals surface area contributed by atoms with Crippen molar-refractivity contribution in [3.05, 3.63) is 35.8 Å². The van der Waals surface area contributed by atoms with Crippen LogP contribution in [0.15, 0.2) is 24.7 Å². The van der Waals surface area contributed by atoms with Crippen molar-refractivity contribution in [2.75, 3.05) is 18.4 Å². The number of halogens is 3. The molecule has 1 amide bonds. The number of carbonyl (C=O) groups is 1. The molecular formula is C21H20F3N7O2. The molecule has 0 aromatic carbocycles. The van der Waals surface area contributed by atoms with Crippen LogP contribution in [0.1, 0.15) is 25.0 Å². The molecule has 0 bridgehead atoms. The predicted molar refractivity (Wildman–Crippen MR) is 112 cm³/mol. The molecule has 33 heavy (non-hydrogen) atoms. The number of anilines is 1. The third-order valence-electron chi connectivity index (χ3n) is 5.67. The van der Waals surface area contributed by atoms with E-state index in [0.717, 1.165) is 12.3 Å². The normalized spacial score (nSPS) is 16.2. The number of fused-ring (bicyclic) bond motifs is 1. The summed E-state index contributed by atoms with van der Waals surface area (Å²) in [6, 6.07) is 2.80. The van der Waals surface area contributed by atoms with Gasteiger partial charge in [0.15, 0.2) is 0 Å². The maximum absolute atomic E-state index is 13.2. The van der Waals surface area contributed by atoms with Crippen molar-refractivity contribution < 1.29 is 23.1 Å². The van der Waals surface area contributed by atoms with E-state index in [1.165, 1.54) is 19.3 Å². The summed E-state index contributed by atoms with van der Waals surface area (Å²) in [4.78, 5) is 28.5. The molecule has 0 saturated carbocycles. The Kier molecular flexibility index (Phi) is 5.67. The molecule has 1 saturated heterocycles. The van der Waals surface area contributed by atoms with E-state index in [0.29, 0.717) is 18.7 Å². The monoisotopic (exact) mass is 459 g/mol. The first-order valence-electron chi connectivity index (χ1n) is 10.1. The third kappa shape index (κ3) is 4.31. The number of alkyl halides is 3. The summed E-state index contributed by atoms with van der Waals surface area (Å²) in [5, 5.41) is 22.2. The first kappa shape index (κ1) is 22.5. The van der Waals surface area contributed by atoms with Gasteiger partial charge in [-0.15, -0.1) is 0 Å². The van der Waals surface area contributed by atoms with Crippen LogP contribution >= 0.6 is 0 Å². The SMILES string of the molecule is CC(O)C(=O)N1CC(C(C)Nc2ncc(C#N)c(-c3c[nH]c4ncc(C(F)(F)F)cc34)n2)C1. The Morgan fingerprint density at radius 3 is 2.70 bits per heavy atom. The van der Waals surface area contributed by atoms with Crippen molar-refractivity contribution in [1.82, 2.24) is 24.8 Å². The fraction of sp³-hybridized carbons (Fsp3) is 0.381. The maximum Gasteiger partial charge on any atom is 0.417 e. The van der Waals surface area contributed by atoms with Crippen LogP contribution in [0.25, 0.3) is 22.3 Å². The van der Waals surface area contributed by atoms with Gasteiger partial charge in [-0.3, -0.25) is 4.79 Å². The van der Waals surface area contributed by atoms with Crippen molar-refractivity contribution in [2.24, 2.45) is 5.92 Å². The molecule has 0 radical (unpaired) electrons. The topological polar surface area (TPSA) is 131 Å². The zero-order valence-electron chi connectivity index (χ0n) is 17.7. The van der Waals surface area contributed by atoms with Gasteiger partial charge in [0, 0.05) is 48.4 Å². The second-order valence-electron chi connectivity index (χ2n) is 8.00. The highest BCUT2D eigenvalue weighted by Crippen LogP contribution is 2.35. The van der Waals surface area contributed by atoms with E-state index in [9.17, 15) is 28.3 Å². The number of likely N-dealkylation sites (tertiary alicyclic amines) is 1. The molecular weight excluding hydrogens is 439 g/mol. The molecule has 172 valence electrons. The van der Waals surface area contributed by atoms with Crippen LogP contribution < -0.4 is 5.32 Å². The van der Waals surface area contributed by atoms with Crippen LogP contribution in [0.3, 0.4) is 0 Å². The molecule has 0 spiro atoms.